The van der Waals surface area contributed by atoms with Crippen molar-refractivity contribution in [1.82, 2.24) is 30.2 Å². The van der Waals surface area contributed by atoms with Crippen molar-refractivity contribution in [2.75, 3.05) is 47.8 Å². The van der Waals surface area contributed by atoms with Crippen molar-refractivity contribution in [3.05, 3.63) is 89.0 Å². The van der Waals surface area contributed by atoms with Crippen molar-refractivity contribution in [3.8, 4) is 0 Å². The normalized spacial score (nSPS) is 15.3. The van der Waals surface area contributed by atoms with Gasteiger partial charge in [0.1, 0.15) is 6.33 Å². The van der Waals surface area contributed by atoms with Crippen LogP contribution in [0.1, 0.15) is 27.8 Å². The molecule has 0 aliphatic carbocycles. The molecule has 6 rings (SSSR count). The van der Waals surface area contributed by atoms with E-state index in [1.165, 1.54) is 11.1 Å². The third kappa shape index (κ3) is 5.41. The standard InChI is InChI=1S/C28H31N9O/c38-18-23-4-2-1-3-22(23)13-20-15-30-27(31-16-20)36-9-11-37(12-10-36)28-33-19-32-26(35-28)34-25-6-5-21-7-8-29-17-24(21)14-25/h1-6,14-16,19,29,38H,7-13,17-18H2,(H,32,33,34,35). The van der Waals surface area contributed by atoms with Gasteiger partial charge in [-0.2, -0.15) is 4.98 Å². The molecular formula is C28H31N9O. The van der Waals surface area contributed by atoms with Crippen LogP contribution in [0.3, 0.4) is 0 Å². The van der Waals surface area contributed by atoms with Crippen LogP contribution in [0.5, 0.6) is 0 Å². The van der Waals surface area contributed by atoms with Crippen molar-refractivity contribution in [2.24, 2.45) is 0 Å². The highest BCUT2D eigenvalue weighted by molar-refractivity contribution is 5.57. The van der Waals surface area contributed by atoms with Crippen molar-refractivity contribution < 1.29 is 5.11 Å². The zero-order valence-corrected chi connectivity index (χ0v) is 21.2. The van der Waals surface area contributed by atoms with Crippen LogP contribution in [0.2, 0.25) is 0 Å². The molecule has 0 unspecified atom stereocenters. The largest absolute Gasteiger partial charge is 0.392 e. The summed E-state index contributed by atoms with van der Waals surface area (Å²) in [6, 6.07) is 14.3. The number of aromatic nitrogens is 5. The first-order valence-corrected chi connectivity index (χ1v) is 13.0. The smallest absolute Gasteiger partial charge is 0.231 e. The Bertz CT molecular complexity index is 1390. The van der Waals surface area contributed by atoms with Gasteiger partial charge in [-0.25, -0.2) is 19.9 Å². The van der Waals surface area contributed by atoms with Gasteiger partial charge in [-0.1, -0.05) is 30.3 Å². The molecule has 0 atom stereocenters. The zero-order valence-electron chi connectivity index (χ0n) is 21.2. The second-order valence-corrected chi connectivity index (χ2v) is 9.61. The van der Waals surface area contributed by atoms with E-state index in [1.807, 2.05) is 36.7 Å². The maximum Gasteiger partial charge on any atom is 0.231 e. The molecule has 2 aliphatic heterocycles. The Labute approximate surface area is 221 Å². The Hall–Kier alpha value is -4.15. The van der Waals surface area contributed by atoms with Crippen molar-refractivity contribution >= 4 is 23.5 Å². The molecule has 0 saturated carbocycles. The molecule has 10 nitrogen and oxygen atoms in total. The van der Waals surface area contributed by atoms with Crippen molar-refractivity contribution in [1.29, 1.82) is 0 Å². The van der Waals surface area contributed by atoms with E-state index in [4.69, 9.17) is 0 Å². The quantitative estimate of drug-likeness (QED) is 0.343. The van der Waals surface area contributed by atoms with Gasteiger partial charge < -0.3 is 25.5 Å². The van der Waals surface area contributed by atoms with Crippen molar-refractivity contribution in [2.45, 2.75) is 26.0 Å². The molecule has 1 fully saturated rings. The number of hydrogen-bond donors (Lipinski definition) is 3. The van der Waals surface area contributed by atoms with Crippen LogP contribution < -0.4 is 20.4 Å². The van der Waals surface area contributed by atoms with Gasteiger partial charge in [-0.15, -0.1) is 0 Å². The van der Waals surface area contributed by atoms with Crippen LogP contribution in [0, 0.1) is 0 Å². The van der Waals surface area contributed by atoms with E-state index in [2.05, 4.69) is 63.6 Å². The monoisotopic (exact) mass is 509 g/mol. The molecule has 10 heteroatoms. The fourth-order valence-corrected chi connectivity index (χ4v) is 5.00. The molecule has 0 radical (unpaired) electrons. The summed E-state index contributed by atoms with van der Waals surface area (Å²) in [5, 5.41) is 16.3. The maximum atomic E-state index is 9.58. The molecule has 0 spiro atoms. The number of hydrogen-bond acceptors (Lipinski definition) is 10. The lowest BCUT2D eigenvalue weighted by Crippen LogP contribution is -2.47. The second-order valence-electron chi connectivity index (χ2n) is 9.61. The Balaban J connectivity index is 1.06. The summed E-state index contributed by atoms with van der Waals surface area (Å²) in [5.74, 6) is 1.94. The van der Waals surface area contributed by atoms with Gasteiger partial charge in [0.25, 0.3) is 0 Å². The maximum absolute atomic E-state index is 9.58. The summed E-state index contributed by atoms with van der Waals surface area (Å²) in [7, 11) is 0. The van der Waals surface area contributed by atoms with Gasteiger partial charge in [0.15, 0.2) is 0 Å². The minimum Gasteiger partial charge on any atom is -0.392 e. The highest BCUT2D eigenvalue weighted by Crippen LogP contribution is 2.22. The number of aliphatic hydroxyl groups is 1. The molecule has 0 amide bonds. The Kier molecular flexibility index (Phi) is 7.05. The number of benzene rings is 2. The number of nitrogens with one attached hydrogen (secondary N) is 2. The third-order valence-electron chi connectivity index (χ3n) is 7.13. The lowest BCUT2D eigenvalue weighted by Gasteiger charge is -2.34. The topological polar surface area (TPSA) is 115 Å². The van der Waals surface area contributed by atoms with Crippen LogP contribution >= 0.6 is 0 Å². The van der Waals surface area contributed by atoms with Crippen LogP contribution in [0.25, 0.3) is 0 Å². The number of aliphatic hydroxyl groups excluding tert-OH is 1. The predicted octanol–water partition coefficient (Wildman–Crippen LogP) is 2.46. The molecule has 38 heavy (non-hydrogen) atoms. The first-order chi connectivity index (χ1) is 18.7. The third-order valence-corrected chi connectivity index (χ3v) is 7.13. The van der Waals surface area contributed by atoms with Crippen LogP contribution in [-0.4, -0.2) is 62.8 Å². The minimum absolute atomic E-state index is 0.0316. The predicted molar refractivity (Wildman–Crippen MR) is 147 cm³/mol. The van der Waals surface area contributed by atoms with Gasteiger partial charge in [0, 0.05) is 57.2 Å². The lowest BCUT2D eigenvalue weighted by atomic mass is 10.0. The van der Waals surface area contributed by atoms with Crippen molar-refractivity contribution in [3.63, 3.8) is 0 Å². The summed E-state index contributed by atoms with van der Waals surface area (Å²) in [6.45, 7) is 5.04. The van der Waals surface area contributed by atoms with Crippen LogP contribution in [0.4, 0.5) is 23.5 Å². The van der Waals surface area contributed by atoms with Gasteiger partial charge in [0.2, 0.25) is 17.8 Å². The van der Waals surface area contributed by atoms with E-state index in [0.717, 1.165) is 74.0 Å². The lowest BCUT2D eigenvalue weighted by molar-refractivity contribution is 0.281. The molecule has 2 aromatic carbocycles. The van der Waals surface area contributed by atoms with E-state index >= 15 is 0 Å². The average Bonchev–Trinajstić information content (AvgIpc) is 2.98. The zero-order chi connectivity index (χ0) is 25.7. The Morgan fingerprint density at radius 1 is 0.842 bits per heavy atom. The fourth-order valence-electron chi connectivity index (χ4n) is 5.00. The minimum atomic E-state index is 0.0316. The number of rotatable bonds is 7. The van der Waals surface area contributed by atoms with E-state index in [-0.39, 0.29) is 6.61 Å². The molecule has 4 aromatic rings. The molecule has 2 aliphatic rings. The Morgan fingerprint density at radius 2 is 1.61 bits per heavy atom. The molecule has 194 valence electrons. The summed E-state index contributed by atoms with van der Waals surface area (Å²) in [6.07, 6.45) is 7.08. The van der Waals surface area contributed by atoms with E-state index in [9.17, 15) is 5.11 Å². The summed E-state index contributed by atoms with van der Waals surface area (Å²) in [4.78, 5) is 27.0. The second kappa shape index (κ2) is 11.1. The number of fused-ring (bicyclic) bond motifs is 1. The van der Waals surface area contributed by atoms with Gasteiger partial charge >= 0.3 is 0 Å². The van der Waals surface area contributed by atoms with Gasteiger partial charge in [-0.3, -0.25) is 0 Å². The summed E-state index contributed by atoms with van der Waals surface area (Å²) >= 11 is 0. The molecule has 1 saturated heterocycles. The molecule has 2 aromatic heterocycles. The van der Waals surface area contributed by atoms with Crippen LogP contribution in [-0.2, 0) is 26.0 Å². The highest BCUT2D eigenvalue weighted by atomic mass is 16.3. The van der Waals surface area contributed by atoms with E-state index < -0.39 is 0 Å². The fraction of sp³-hybridized carbons (Fsp3) is 0.321. The number of piperazine rings is 1. The van der Waals surface area contributed by atoms with Gasteiger partial charge in [-0.05, 0) is 52.9 Å². The highest BCUT2D eigenvalue weighted by Gasteiger charge is 2.21. The molecule has 3 N–H and O–H groups in total. The summed E-state index contributed by atoms with van der Waals surface area (Å²) < 4.78 is 0. The van der Waals surface area contributed by atoms with Gasteiger partial charge in [0.05, 0.1) is 6.61 Å². The van der Waals surface area contributed by atoms with E-state index in [0.29, 0.717) is 18.3 Å². The van der Waals surface area contributed by atoms with E-state index in [1.54, 1.807) is 6.33 Å². The molecule has 4 heterocycles. The molecular weight excluding hydrogens is 478 g/mol. The molecule has 0 bridgehead atoms. The SMILES string of the molecule is OCc1ccccc1Cc1cnc(N2CCN(c3ncnc(Nc4ccc5c(c4)CNCC5)n3)CC2)nc1. The number of nitrogens with zero attached hydrogens (tertiary/aromatic N) is 7. The Morgan fingerprint density at radius 3 is 2.39 bits per heavy atom. The number of anilines is 4. The first-order valence-electron chi connectivity index (χ1n) is 13.0. The average molecular weight is 510 g/mol. The summed E-state index contributed by atoms with van der Waals surface area (Å²) in [5.41, 5.74) is 6.74. The first kappa shape index (κ1) is 24.2. The van der Waals surface area contributed by atoms with Crippen LogP contribution in [0.15, 0.2) is 61.2 Å².